The second kappa shape index (κ2) is 8.59. The summed E-state index contributed by atoms with van der Waals surface area (Å²) < 4.78 is 6.04. The molecule has 138 valence electrons. The van der Waals surface area contributed by atoms with E-state index in [9.17, 15) is 10.5 Å². The third-order valence-corrected chi connectivity index (χ3v) is 6.31. The molecule has 0 atom stereocenters. The number of benzene rings is 3. The van der Waals surface area contributed by atoms with Crippen molar-refractivity contribution in [2.45, 2.75) is 23.6 Å². The van der Waals surface area contributed by atoms with Crippen LogP contribution in [0.2, 0.25) is 10.0 Å². The Labute approximate surface area is 178 Å². The molecule has 28 heavy (non-hydrogen) atoms. The molecule has 6 heteroatoms. The van der Waals surface area contributed by atoms with Gasteiger partial charge in [-0.25, -0.2) is 0 Å². The van der Waals surface area contributed by atoms with Gasteiger partial charge in [-0.3, -0.25) is 0 Å². The zero-order chi connectivity index (χ0) is 20.3. The van der Waals surface area contributed by atoms with Gasteiger partial charge in [0.05, 0.1) is 15.6 Å². The number of nitriles is 2. The average molecular weight is 425 g/mol. The van der Waals surface area contributed by atoms with Crippen molar-refractivity contribution in [2.24, 2.45) is 0 Å². The Bertz CT molecular complexity index is 1150. The van der Waals surface area contributed by atoms with Crippen LogP contribution in [0.3, 0.4) is 0 Å². The highest BCUT2D eigenvalue weighted by Crippen LogP contribution is 2.43. The molecule has 0 bridgehead atoms. The summed E-state index contributed by atoms with van der Waals surface area (Å²) in [5.41, 5.74) is 2.22. The number of hydrogen-bond acceptors (Lipinski definition) is 4. The average Bonchev–Trinajstić information content (AvgIpc) is 2.69. The van der Waals surface area contributed by atoms with Gasteiger partial charge in [0.25, 0.3) is 0 Å². The third-order valence-electron chi connectivity index (χ3n) is 4.25. The number of aryl methyl sites for hydroxylation is 1. The normalized spacial score (nSPS) is 10.2. The van der Waals surface area contributed by atoms with Gasteiger partial charge in [-0.1, -0.05) is 59.2 Å². The number of halogens is 2. The summed E-state index contributed by atoms with van der Waals surface area (Å²) in [7, 11) is 0. The van der Waals surface area contributed by atoms with E-state index in [-0.39, 0.29) is 21.9 Å². The van der Waals surface area contributed by atoms with Crippen molar-refractivity contribution in [3.8, 4) is 23.6 Å². The van der Waals surface area contributed by atoms with Gasteiger partial charge in [0.2, 0.25) is 0 Å². The van der Waals surface area contributed by atoms with Gasteiger partial charge < -0.3 is 4.74 Å². The van der Waals surface area contributed by atoms with Gasteiger partial charge in [-0.05, 0) is 49.2 Å². The molecular weight excluding hydrogens is 411 g/mol. The van der Waals surface area contributed by atoms with E-state index in [4.69, 9.17) is 27.9 Å². The highest BCUT2D eigenvalue weighted by Gasteiger charge is 2.20. The lowest BCUT2D eigenvalue weighted by molar-refractivity contribution is 0.475. The van der Waals surface area contributed by atoms with Gasteiger partial charge >= 0.3 is 0 Å². The third kappa shape index (κ3) is 3.96. The Hall–Kier alpha value is -2.63. The van der Waals surface area contributed by atoms with Crippen LogP contribution < -0.4 is 4.74 Å². The first-order valence-electron chi connectivity index (χ1n) is 8.29. The summed E-state index contributed by atoms with van der Waals surface area (Å²) in [4.78, 5) is 1.38. The largest absolute Gasteiger partial charge is 0.456 e. The van der Waals surface area contributed by atoms with Crippen LogP contribution >= 0.6 is 35.0 Å². The molecule has 3 nitrogen and oxygen atoms in total. The summed E-state index contributed by atoms with van der Waals surface area (Å²) in [6.45, 7) is 3.92. The van der Waals surface area contributed by atoms with E-state index in [0.717, 1.165) is 16.0 Å². The first kappa shape index (κ1) is 20.1. The molecule has 3 aromatic carbocycles. The van der Waals surface area contributed by atoms with Crippen molar-refractivity contribution >= 4 is 35.0 Å². The maximum Gasteiger partial charge on any atom is 0.147 e. The monoisotopic (exact) mass is 424 g/mol. The second-order valence-corrected chi connectivity index (χ2v) is 7.86. The summed E-state index contributed by atoms with van der Waals surface area (Å²) in [6.07, 6.45) is 0. The highest BCUT2D eigenvalue weighted by atomic mass is 35.5. The fourth-order valence-electron chi connectivity index (χ4n) is 2.58. The lowest BCUT2D eigenvalue weighted by Crippen LogP contribution is -1.97. The van der Waals surface area contributed by atoms with E-state index in [1.165, 1.54) is 11.8 Å². The molecule has 0 unspecified atom stereocenters. The predicted octanol–water partition coefficient (Wildman–Crippen LogP) is 7.30. The minimum Gasteiger partial charge on any atom is -0.456 e. The summed E-state index contributed by atoms with van der Waals surface area (Å²) in [5, 5.41) is 20.0. The van der Waals surface area contributed by atoms with E-state index in [2.05, 4.69) is 0 Å². The number of ether oxygens (including phenoxy) is 1. The van der Waals surface area contributed by atoms with Gasteiger partial charge in [0.15, 0.2) is 0 Å². The predicted molar refractivity (Wildman–Crippen MR) is 112 cm³/mol. The molecule has 0 aliphatic carbocycles. The summed E-state index contributed by atoms with van der Waals surface area (Å²) in [6, 6.07) is 18.8. The molecule has 0 N–H and O–H groups in total. The molecule has 0 aromatic heterocycles. The Morgan fingerprint density at radius 2 is 1.57 bits per heavy atom. The van der Waals surface area contributed by atoms with Crippen LogP contribution in [-0.2, 0) is 0 Å². The second-order valence-electron chi connectivity index (χ2n) is 5.99. The zero-order valence-corrected chi connectivity index (χ0v) is 17.4. The Morgan fingerprint density at radius 1 is 0.857 bits per heavy atom. The van der Waals surface area contributed by atoms with Gasteiger partial charge in [0.1, 0.15) is 29.2 Å². The maximum absolute atomic E-state index is 9.61. The van der Waals surface area contributed by atoms with Crippen molar-refractivity contribution in [3.63, 3.8) is 0 Å². The molecular formula is C22H14Cl2N2OS. The first-order chi connectivity index (χ1) is 13.5. The fourth-order valence-corrected chi connectivity index (χ4v) is 4.05. The van der Waals surface area contributed by atoms with Crippen LogP contribution in [-0.4, -0.2) is 0 Å². The molecule has 3 aromatic rings. The number of hydrogen-bond donors (Lipinski definition) is 0. The first-order valence-corrected chi connectivity index (χ1v) is 9.86. The molecule has 0 spiro atoms. The van der Waals surface area contributed by atoms with Gasteiger partial charge in [0, 0.05) is 9.79 Å². The van der Waals surface area contributed by atoms with Crippen molar-refractivity contribution in [1.82, 2.24) is 0 Å². The molecule has 0 heterocycles. The van der Waals surface area contributed by atoms with E-state index >= 15 is 0 Å². The van der Waals surface area contributed by atoms with Gasteiger partial charge in [-0.2, -0.15) is 10.5 Å². The molecule has 0 radical (unpaired) electrons. The van der Waals surface area contributed by atoms with E-state index in [0.29, 0.717) is 15.7 Å². The van der Waals surface area contributed by atoms with Crippen LogP contribution in [0, 0.1) is 36.5 Å². The van der Waals surface area contributed by atoms with Crippen molar-refractivity contribution in [1.29, 1.82) is 10.5 Å². The minimum atomic E-state index is 0.0847. The van der Waals surface area contributed by atoms with Crippen LogP contribution in [0.15, 0.2) is 58.3 Å². The van der Waals surface area contributed by atoms with E-state index < -0.39 is 0 Å². The van der Waals surface area contributed by atoms with Gasteiger partial charge in [-0.15, -0.1) is 0 Å². The zero-order valence-electron chi connectivity index (χ0n) is 15.1. The van der Waals surface area contributed by atoms with Crippen molar-refractivity contribution < 1.29 is 4.74 Å². The van der Waals surface area contributed by atoms with Crippen molar-refractivity contribution in [2.75, 3.05) is 0 Å². The Balaban J connectivity index is 2.14. The minimum absolute atomic E-state index is 0.0847. The van der Waals surface area contributed by atoms with E-state index in [1.54, 1.807) is 12.1 Å². The molecule has 0 amide bonds. The quantitative estimate of drug-likeness (QED) is 0.440. The summed E-state index contributed by atoms with van der Waals surface area (Å²) in [5.74, 6) is 0.906. The topological polar surface area (TPSA) is 56.8 Å². The number of rotatable bonds is 4. The molecule has 0 saturated heterocycles. The molecule has 0 fully saturated rings. The lowest BCUT2D eigenvalue weighted by Gasteiger charge is -2.15. The summed E-state index contributed by atoms with van der Waals surface area (Å²) >= 11 is 14.0. The standard InChI is InChI=1S/C22H14Cl2N2OS/c1-13-6-5-8-18(14(13)2)27-19-10-21(22(24)16(12-26)15(19)11-25)28-20-9-4-3-7-17(20)23/h3-10H,1-2H3. The molecule has 3 rings (SSSR count). The smallest absolute Gasteiger partial charge is 0.147 e. The van der Waals surface area contributed by atoms with Crippen LogP contribution in [0.25, 0.3) is 0 Å². The molecule has 0 aliphatic heterocycles. The Kier molecular flexibility index (Phi) is 6.17. The highest BCUT2D eigenvalue weighted by molar-refractivity contribution is 7.99. The molecule has 0 saturated carbocycles. The number of nitrogens with zero attached hydrogens (tertiary/aromatic N) is 2. The SMILES string of the molecule is Cc1cccc(Oc2cc(Sc3ccccc3Cl)c(Cl)c(C#N)c2C#N)c1C. The fraction of sp³-hybridized carbons (Fsp3) is 0.0909. The lowest BCUT2D eigenvalue weighted by atomic mass is 10.1. The Morgan fingerprint density at radius 3 is 2.25 bits per heavy atom. The van der Waals surface area contributed by atoms with E-state index in [1.807, 2.05) is 62.4 Å². The maximum atomic E-state index is 9.61. The van der Waals surface area contributed by atoms with Crippen LogP contribution in [0.5, 0.6) is 11.5 Å². The van der Waals surface area contributed by atoms with Crippen molar-refractivity contribution in [3.05, 3.63) is 80.8 Å². The van der Waals surface area contributed by atoms with Crippen LogP contribution in [0.1, 0.15) is 22.3 Å². The molecule has 0 aliphatic rings. The van der Waals surface area contributed by atoms with Crippen LogP contribution in [0.4, 0.5) is 0 Å².